The Hall–Kier alpha value is -1.43. The van der Waals surface area contributed by atoms with E-state index in [0.717, 1.165) is 21.6 Å². The Labute approximate surface area is 171 Å². The monoisotopic (exact) mass is 499 g/mol. The van der Waals surface area contributed by atoms with Crippen molar-refractivity contribution in [3.8, 4) is 0 Å². The van der Waals surface area contributed by atoms with Gasteiger partial charge in [0.2, 0.25) is 0 Å². The molecule has 2 aromatic rings. The Morgan fingerprint density at radius 2 is 2.00 bits per heavy atom. The number of hydrogen-bond donors (Lipinski definition) is 2. The maximum absolute atomic E-state index is 12.8. The molecular formula is C16H21F3IN5S. The van der Waals surface area contributed by atoms with Crippen LogP contribution in [0.4, 0.5) is 13.2 Å². The van der Waals surface area contributed by atoms with E-state index in [1.54, 1.807) is 30.9 Å². The average molecular weight is 499 g/mol. The molecule has 0 atom stereocenters. The van der Waals surface area contributed by atoms with Crippen LogP contribution in [-0.4, -0.2) is 34.9 Å². The molecule has 1 aromatic carbocycles. The molecule has 0 aliphatic rings. The predicted molar refractivity (Wildman–Crippen MR) is 109 cm³/mol. The predicted octanol–water partition coefficient (Wildman–Crippen LogP) is 3.88. The van der Waals surface area contributed by atoms with Gasteiger partial charge in [-0.05, 0) is 36.4 Å². The van der Waals surface area contributed by atoms with Crippen molar-refractivity contribution in [2.45, 2.75) is 24.4 Å². The molecule has 0 aliphatic heterocycles. The lowest BCUT2D eigenvalue weighted by atomic mass is 10.4. The largest absolute Gasteiger partial charge is 0.356 e. The summed E-state index contributed by atoms with van der Waals surface area (Å²) in [6, 6.07) is 6.38. The molecule has 0 saturated heterocycles. The van der Waals surface area contributed by atoms with Crippen LogP contribution in [0.15, 0.2) is 46.5 Å². The Morgan fingerprint density at radius 1 is 1.27 bits per heavy atom. The number of benzene rings is 1. The molecular weight excluding hydrogens is 478 g/mol. The Morgan fingerprint density at radius 3 is 2.65 bits per heavy atom. The smallest absolute Gasteiger partial charge is 0.319 e. The highest BCUT2D eigenvalue weighted by atomic mass is 127. The summed E-state index contributed by atoms with van der Waals surface area (Å²) in [5.41, 5.74) is 0. The van der Waals surface area contributed by atoms with Crippen molar-refractivity contribution < 1.29 is 13.2 Å². The SMILES string of the molecule is CN=C(NCCCSc1ccc(F)cc1)NCc1nccn1C(F)F.I. The van der Waals surface area contributed by atoms with Gasteiger partial charge in [-0.15, -0.1) is 35.7 Å². The molecule has 0 aliphatic carbocycles. The molecule has 0 unspecified atom stereocenters. The summed E-state index contributed by atoms with van der Waals surface area (Å²) in [6.45, 7) is -1.78. The van der Waals surface area contributed by atoms with Crippen molar-refractivity contribution in [1.82, 2.24) is 20.2 Å². The van der Waals surface area contributed by atoms with Crippen molar-refractivity contribution in [3.05, 3.63) is 48.3 Å². The minimum atomic E-state index is -2.61. The molecule has 0 bridgehead atoms. The number of aromatic nitrogens is 2. The van der Waals surface area contributed by atoms with Crippen LogP contribution in [0.1, 0.15) is 18.8 Å². The van der Waals surface area contributed by atoms with Gasteiger partial charge in [0.05, 0.1) is 6.54 Å². The number of hydrogen-bond acceptors (Lipinski definition) is 3. The van der Waals surface area contributed by atoms with E-state index in [1.165, 1.54) is 24.5 Å². The van der Waals surface area contributed by atoms with E-state index < -0.39 is 6.55 Å². The van der Waals surface area contributed by atoms with E-state index in [1.807, 2.05) is 0 Å². The maximum Gasteiger partial charge on any atom is 0.319 e. The van der Waals surface area contributed by atoms with Crippen LogP contribution in [0.25, 0.3) is 0 Å². The Kier molecular flexibility index (Phi) is 10.5. The summed E-state index contributed by atoms with van der Waals surface area (Å²) in [6.07, 6.45) is 3.45. The highest BCUT2D eigenvalue weighted by Gasteiger charge is 2.11. The van der Waals surface area contributed by atoms with Crippen LogP contribution in [0, 0.1) is 5.82 Å². The number of rotatable bonds is 8. The summed E-state index contributed by atoms with van der Waals surface area (Å²) in [4.78, 5) is 8.97. The number of imidazole rings is 1. The number of guanidine groups is 1. The van der Waals surface area contributed by atoms with E-state index >= 15 is 0 Å². The molecule has 5 nitrogen and oxygen atoms in total. The molecule has 0 fully saturated rings. The molecule has 2 N–H and O–H groups in total. The number of alkyl halides is 2. The first kappa shape index (κ1) is 22.6. The number of halogens is 4. The van der Waals surface area contributed by atoms with Crippen molar-refractivity contribution >= 4 is 41.7 Å². The molecule has 2 rings (SSSR count). The van der Waals surface area contributed by atoms with Crippen LogP contribution in [-0.2, 0) is 6.54 Å². The average Bonchev–Trinajstić information content (AvgIpc) is 3.08. The van der Waals surface area contributed by atoms with E-state index in [4.69, 9.17) is 0 Å². The molecule has 0 spiro atoms. The topological polar surface area (TPSA) is 54.2 Å². The van der Waals surface area contributed by atoms with Gasteiger partial charge in [0.15, 0.2) is 5.96 Å². The second-order valence-corrected chi connectivity index (χ2v) is 6.21. The normalized spacial score (nSPS) is 11.3. The number of nitrogens with zero attached hydrogens (tertiary/aromatic N) is 3. The van der Waals surface area contributed by atoms with Gasteiger partial charge >= 0.3 is 6.55 Å². The first-order valence-corrected chi connectivity index (χ1v) is 8.71. The van der Waals surface area contributed by atoms with Gasteiger partial charge in [-0.2, -0.15) is 8.78 Å². The van der Waals surface area contributed by atoms with Gasteiger partial charge in [-0.1, -0.05) is 0 Å². The fourth-order valence-electron chi connectivity index (χ4n) is 2.04. The van der Waals surface area contributed by atoms with Gasteiger partial charge in [-0.25, -0.2) is 9.37 Å². The van der Waals surface area contributed by atoms with Crippen LogP contribution >= 0.6 is 35.7 Å². The van der Waals surface area contributed by atoms with Gasteiger partial charge in [0, 0.05) is 30.9 Å². The zero-order chi connectivity index (χ0) is 18.1. The molecule has 1 aromatic heterocycles. The standard InChI is InChI=1S/C16H20F3N5S.HI/c1-20-16(23-11-14-21-8-9-24(14)15(18)19)22-7-2-10-25-13-5-3-12(17)4-6-13;/h3-6,8-9,15H,2,7,10-11H2,1H3,(H2,20,22,23);1H. The van der Waals surface area contributed by atoms with Crippen LogP contribution < -0.4 is 10.6 Å². The zero-order valence-electron chi connectivity index (χ0n) is 14.2. The first-order chi connectivity index (χ1) is 12.1. The van der Waals surface area contributed by atoms with E-state index in [-0.39, 0.29) is 42.2 Å². The third-order valence-corrected chi connectivity index (χ3v) is 4.39. The lowest BCUT2D eigenvalue weighted by molar-refractivity contribution is 0.0668. The molecule has 1 heterocycles. The molecule has 0 amide bonds. The number of aliphatic imine (C=N–C) groups is 1. The summed E-state index contributed by atoms with van der Waals surface area (Å²) in [5, 5.41) is 6.07. The summed E-state index contributed by atoms with van der Waals surface area (Å²) < 4.78 is 39.1. The number of nitrogens with one attached hydrogen (secondary N) is 2. The second-order valence-electron chi connectivity index (χ2n) is 5.04. The minimum absolute atomic E-state index is 0. The Bertz CT molecular complexity index is 679. The maximum atomic E-state index is 12.8. The highest BCUT2D eigenvalue weighted by Crippen LogP contribution is 2.18. The van der Waals surface area contributed by atoms with E-state index in [0.29, 0.717) is 12.5 Å². The summed E-state index contributed by atoms with van der Waals surface area (Å²) >= 11 is 1.64. The fraction of sp³-hybridized carbons (Fsp3) is 0.375. The number of thioether (sulfide) groups is 1. The quantitative estimate of drug-likeness (QED) is 0.190. The van der Waals surface area contributed by atoms with Crippen molar-refractivity contribution in [2.75, 3.05) is 19.3 Å². The molecule has 26 heavy (non-hydrogen) atoms. The minimum Gasteiger partial charge on any atom is -0.356 e. The van der Waals surface area contributed by atoms with Crippen LogP contribution in [0.3, 0.4) is 0 Å². The summed E-state index contributed by atoms with van der Waals surface area (Å²) in [7, 11) is 1.61. The Balaban J connectivity index is 0.00000338. The highest BCUT2D eigenvalue weighted by molar-refractivity contribution is 14.0. The third-order valence-electron chi connectivity index (χ3n) is 3.29. The van der Waals surface area contributed by atoms with Crippen LogP contribution in [0.5, 0.6) is 0 Å². The van der Waals surface area contributed by atoms with Crippen molar-refractivity contribution in [2.24, 2.45) is 4.99 Å². The lowest BCUT2D eigenvalue weighted by Gasteiger charge is -2.12. The van der Waals surface area contributed by atoms with Crippen molar-refractivity contribution in [1.29, 1.82) is 0 Å². The third kappa shape index (κ3) is 7.44. The molecule has 144 valence electrons. The molecule has 10 heteroatoms. The zero-order valence-corrected chi connectivity index (χ0v) is 17.3. The first-order valence-electron chi connectivity index (χ1n) is 7.73. The van der Waals surface area contributed by atoms with Gasteiger partial charge in [0.25, 0.3) is 0 Å². The molecule has 0 radical (unpaired) electrons. The van der Waals surface area contributed by atoms with Gasteiger partial charge in [-0.3, -0.25) is 9.56 Å². The van der Waals surface area contributed by atoms with E-state index in [2.05, 4.69) is 20.6 Å². The lowest BCUT2D eigenvalue weighted by Crippen LogP contribution is -2.38. The van der Waals surface area contributed by atoms with Gasteiger partial charge < -0.3 is 10.6 Å². The fourth-order valence-corrected chi connectivity index (χ4v) is 2.89. The van der Waals surface area contributed by atoms with Crippen LogP contribution in [0.2, 0.25) is 0 Å². The van der Waals surface area contributed by atoms with Crippen molar-refractivity contribution in [3.63, 3.8) is 0 Å². The summed E-state index contributed by atoms with van der Waals surface area (Å²) in [5.74, 6) is 1.39. The van der Waals surface area contributed by atoms with E-state index in [9.17, 15) is 13.2 Å². The molecule has 0 saturated carbocycles. The van der Waals surface area contributed by atoms with Gasteiger partial charge in [0.1, 0.15) is 11.6 Å². The second kappa shape index (κ2) is 12.0.